The van der Waals surface area contributed by atoms with Crippen molar-refractivity contribution in [2.24, 2.45) is 7.05 Å². The lowest BCUT2D eigenvalue weighted by molar-refractivity contribution is 0.102. The fourth-order valence-electron chi connectivity index (χ4n) is 1.60. The number of methoxy groups -OCH3 is 1. The van der Waals surface area contributed by atoms with Gasteiger partial charge in [-0.2, -0.15) is 5.10 Å². The maximum atomic E-state index is 13.3. The molecule has 0 aliphatic rings. The largest absolute Gasteiger partial charge is 0.493 e. The first kappa shape index (κ1) is 12.6. The van der Waals surface area contributed by atoms with E-state index in [-0.39, 0.29) is 22.1 Å². The molecule has 1 aromatic carbocycles. The summed E-state index contributed by atoms with van der Waals surface area (Å²) in [5, 5.41) is 3.90. The Labute approximate surface area is 108 Å². The molecular weight excluding hydrogens is 259 g/mol. The molecule has 0 aliphatic carbocycles. The van der Waals surface area contributed by atoms with Crippen LogP contribution in [0.15, 0.2) is 24.4 Å². The van der Waals surface area contributed by atoms with E-state index in [1.165, 1.54) is 30.1 Å². The third-order valence-corrected chi connectivity index (χ3v) is 2.83. The quantitative estimate of drug-likeness (QED) is 0.803. The highest BCUT2D eigenvalue weighted by Crippen LogP contribution is 2.22. The zero-order valence-corrected chi connectivity index (χ0v) is 10.5. The summed E-state index contributed by atoms with van der Waals surface area (Å²) in [4.78, 5) is 12.2. The number of ether oxygens (including phenoxy) is 1. The lowest BCUT2D eigenvalue weighted by Crippen LogP contribution is -2.10. The minimum absolute atomic E-state index is 0.0245. The Kier molecular flexibility index (Phi) is 3.34. The van der Waals surface area contributed by atoms with Crippen molar-refractivity contribution in [3.8, 4) is 5.75 Å². The smallest absolute Gasteiger partial charge is 0.214 e. The number of carbonyl (C=O) groups excluding carboxylic acids is 1. The first-order valence-corrected chi connectivity index (χ1v) is 5.48. The van der Waals surface area contributed by atoms with E-state index < -0.39 is 5.82 Å². The van der Waals surface area contributed by atoms with Gasteiger partial charge < -0.3 is 4.74 Å². The van der Waals surface area contributed by atoms with Crippen molar-refractivity contribution < 1.29 is 13.9 Å². The number of halogens is 2. The zero-order valence-electron chi connectivity index (χ0n) is 9.78. The van der Waals surface area contributed by atoms with Crippen LogP contribution in [-0.4, -0.2) is 22.7 Å². The van der Waals surface area contributed by atoms with E-state index in [2.05, 4.69) is 5.10 Å². The van der Waals surface area contributed by atoms with Crippen molar-refractivity contribution in [1.29, 1.82) is 0 Å². The molecule has 1 aromatic heterocycles. The highest BCUT2D eigenvalue weighted by atomic mass is 35.5. The highest BCUT2D eigenvalue weighted by molar-refractivity contribution is 6.30. The van der Waals surface area contributed by atoms with E-state index in [0.29, 0.717) is 5.75 Å². The average molecular weight is 269 g/mol. The van der Waals surface area contributed by atoms with Crippen LogP contribution in [0.1, 0.15) is 16.1 Å². The second-order valence-electron chi connectivity index (χ2n) is 3.64. The molecule has 6 heteroatoms. The van der Waals surface area contributed by atoms with Crippen molar-refractivity contribution in [2.75, 3.05) is 7.11 Å². The third kappa shape index (κ3) is 2.09. The molecule has 18 heavy (non-hydrogen) atoms. The number of ketones is 1. The van der Waals surface area contributed by atoms with Crippen LogP contribution in [0.4, 0.5) is 4.39 Å². The maximum absolute atomic E-state index is 13.3. The van der Waals surface area contributed by atoms with Crippen molar-refractivity contribution in [2.45, 2.75) is 0 Å². The van der Waals surface area contributed by atoms with Gasteiger partial charge in [-0.15, -0.1) is 0 Å². The zero-order chi connectivity index (χ0) is 13.3. The number of aryl methyl sites for hydroxylation is 1. The molecule has 0 atom stereocenters. The van der Waals surface area contributed by atoms with Gasteiger partial charge >= 0.3 is 0 Å². The number of hydrogen-bond donors (Lipinski definition) is 0. The molecule has 0 saturated carbocycles. The van der Waals surface area contributed by atoms with Crippen LogP contribution in [0, 0.1) is 5.82 Å². The molecule has 4 nitrogen and oxygen atoms in total. The average Bonchev–Trinajstić information content (AvgIpc) is 2.73. The minimum atomic E-state index is -0.636. The Hall–Kier alpha value is -1.88. The van der Waals surface area contributed by atoms with E-state index in [1.54, 1.807) is 7.05 Å². The number of aromatic nitrogens is 2. The van der Waals surface area contributed by atoms with E-state index in [9.17, 15) is 9.18 Å². The molecule has 2 rings (SSSR count). The second kappa shape index (κ2) is 4.78. The van der Waals surface area contributed by atoms with Crippen LogP contribution < -0.4 is 4.74 Å². The predicted octanol–water partition coefficient (Wildman–Crippen LogP) is 2.45. The molecule has 0 bridgehead atoms. The first-order valence-electron chi connectivity index (χ1n) is 5.10. The molecule has 1 heterocycles. The van der Waals surface area contributed by atoms with Gasteiger partial charge in [0.2, 0.25) is 5.78 Å². The summed E-state index contributed by atoms with van der Waals surface area (Å²) in [6.07, 6.45) is 1.43. The molecule has 0 aliphatic heterocycles. The molecule has 0 fully saturated rings. The number of benzene rings is 1. The summed E-state index contributed by atoms with van der Waals surface area (Å²) in [5.41, 5.74) is 0.457. The first-order chi connectivity index (χ1) is 8.54. The van der Waals surface area contributed by atoms with Gasteiger partial charge in [0.1, 0.15) is 5.82 Å². The monoisotopic (exact) mass is 268 g/mol. The predicted molar refractivity (Wildman–Crippen MR) is 64.6 cm³/mol. The molecular formula is C12H10ClFN2O2. The summed E-state index contributed by atoms with van der Waals surface area (Å²) in [7, 11) is 3.05. The van der Waals surface area contributed by atoms with Gasteiger partial charge in [0.25, 0.3) is 0 Å². The minimum Gasteiger partial charge on any atom is -0.493 e. The summed E-state index contributed by atoms with van der Waals surface area (Å²) in [6, 6.07) is 3.89. The second-order valence-corrected chi connectivity index (χ2v) is 4.05. The standard InChI is InChI=1S/C12H10ClFN2O2/c1-16-11(10(18-2)6-15-16)12(17)7-3-4-8(13)9(14)5-7/h3-6H,1-2H3. The Morgan fingerprint density at radius 1 is 1.50 bits per heavy atom. The van der Waals surface area contributed by atoms with Crippen LogP contribution in [0.2, 0.25) is 5.02 Å². The fourth-order valence-corrected chi connectivity index (χ4v) is 1.72. The highest BCUT2D eigenvalue weighted by Gasteiger charge is 2.20. The maximum Gasteiger partial charge on any atom is 0.214 e. The summed E-state index contributed by atoms with van der Waals surface area (Å²) < 4.78 is 19.7. The molecule has 0 unspecified atom stereocenters. The SMILES string of the molecule is COc1cnn(C)c1C(=O)c1ccc(Cl)c(F)c1. The van der Waals surface area contributed by atoms with Crippen molar-refractivity contribution in [3.63, 3.8) is 0 Å². The van der Waals surface area contributed by atoms with E-state index in [0.717, 1.165) is 6.07 Å². The summed E-state index contributed by atoms with van der Waals surface area (Å²) in [5.74, 6) is -0.663. The van der Waals surface area contributed by atoms with Crippen molar-refractivity contribution in [3.05, 3.63) is 46.5 Å². The number of hydrogen-bond acceptors (Lipinski definition) is 3. The number of nitrogens with zero attached hydrogens (tertiary/aromatic N) is 2. The Bertz CT molecular complexity index is 610. The molecule has 94 valence electrons. The molecule has 0 N–H and O–H groups in total. The van der Waals surface area contributed by atoms with Gasteiger partial charge in [-0.25, -0.2) is 4.39 Å². The van der Waals surface area contributed by atoms with Gasteiger partial charge in [0.15, 0.2) is 11.4 Å². The Morgan fingerprint density at radius 3 is 2.83 bits per heavy atom. The van der Waals surface area contributed by atoms with Crippen LogP contribution in [0.5, 0.6) is 5.75 Å². The van der Waals surface area contributed by atoms with Crippen LogP contribution in [-0.2, 0) is 7.05 Å². The number of carbonyl (C=O) groups is 1. The number of rotatable bonds is 3. The normalized spacial score (nSPS) is 10.4. The lowest BCUT2D eigenvalue weighted by Gasteiger charge is -2.05. The third-order valence-electron chi connectivity index (χ3n) is 2.52. The molecule has 0 spiro atoms. The van der Waals surface area contributed by atoms with Crippen LogP contribution >= 0.6 is 11.6 Å². The molecule has 0 saturated heterocycles. The van der Waals surface area contributed by atoms with Gasteiger partial charge in [-0.3, -0.25) is 9.48 Å². The van der Waals surface area contributed by atoms with Gasteiger partial charge in [0, 0.05) is 12.6 Å². The Morgan fingerprint density at radius 2 is 2.22 bits per heavy atom. The van der Waals surface area contributed by atoms with E-state index in [4.69, 9.17) is 16.3 Å². The Balaban J connectivity index is 2.47. The van der Waals surface area contributed by atoms with Crippen molar-refractivity contribution in [1.82, 2.24) is 9.78 Å². The van der Waals surface area contributed by atoms with Crippen LogP contribution in [0.25, 0.3) is 0 Å². The fraction of sp³-hybridized carbons (Fsp3) is 0.167. The van der Waals surface area contributed by atoms with E-state index >= 15 is 0 Å². The topological polar surface area (TPSA) is 44.1 Å². The van der Waals surface area contributed by atoms with Gasteiger partial charge in [-0.1, -0.05) is 11.6 Å². The van der Waals surface area contributed by atoms with Crippen LogP contribution in [0.3, 0.4) is 0 Å². The summed E-state index contributed by atoms with van der Waals surface area (Å²) in [6.45, 7) is 0. The molecule has 0 amide bonds. The van der Waals surface area contributed by atoms with E-state index in [1.807, 2.05) is 0 Å². The molecule has 2 aromatic rings. The van der Waals surface area contributed by atoms with Gasteiger partial charge in [-0.05, 0) is 18.2 Å². The lowest BCUT2D eigenvalue weighted by atomic mass is 10.1. The summed E-state index contributed by atoms with van der Waals surface area (Å²) >= 11 is 5.57. The van der Waals surface area contributed by atoms with Crippen molar-refractivity contribution >= 4 is 17.4 Å². The molecule has 0 radical (unpaired) electrons. The van der Waals surface area contributed by atoms with Gasteiger partial charge in [0.05, 0.1) is 18.3 Å².